The SMILES string of the molecule is Nc1nc2ccccc2cc1-c1cccc(-c2ccc3ccnc(N)c3c2-c2ccccc2)c1. The molecule has 4 aromatic carbocycles. The van der Waals surface area contributed by atoms with E-state index in [4.69, 9.17) is 11.5 Å². The fourth-order valence-electron chi connectivity index (χ4n) is 4.66. The lowest BCUT2D eigenvalue weighted by molar-refractivity contribution is 1.37. The van der Waals surface area contributed by atoms with Crippen LogP contribution in [0, 0.1) is 0 Å². The zero-order chi connectivity index (χ0) is 23.1. The van der Waals surface area contributed by atoms with Crippen LogP contribution in [0.2, 0.25) is 0 Å². The molecular weight excluding hydrogens is 416 g/mol. The van der Waals surface area contributed by atoms with Crippen LogP contribution in [0.15, 0.2) is 109 Å². The minimum absolute atomic E-state index is 0.520. The van der Waals surface area contributed by atoms with Crippen molar-refractivity contribution in [2.45, 2.75) is 0 Å². The van der Waals surface area contributed by atoms with E-state index < -0.39 is 0 Å². The molecule has 0 amide bonds. The first-order valence-electron chi connectivity index (χ1n) is 11.2. The molecule has 0 saturated carbocycles. The van der Waals surface area contributed by atoms with Crippen molar-refractivity contribution in [3.8, 4) is 33.4 Å². The highest BCUT2D eigenvalue weighted by molar-refractivity contribution is 6.09. The number of benzene rings is 4. The van der Waals surface area contributed by atoms with Gasteiger partial charge in [0.15, 0.2) is 0 Å². The third-order valence-corrected chi connectivity index (χ3v) is 6.26. The Morgan fingerprint density at radius 3 is 2.12 bits per heavy atom. The Hall–Kier alpha value is -4.70. The van der Waals surface area contributed by atoms with Crippen molar-refractivity contribution in [1.82, 2.24) is 9.97 Å². The van der Waals surface area contributed by atoms with E-state index >= 15 is 0 Å². The third-order valence-electron chi connectivity index (χ3n) is 6.26. The number of hydrogen-bond acceptors (Lipinski definition) is 4. The molecule has 0 aliphatic rings. The number of nitrogen functional groups attached to an aromatic ring is 2. The van der Waals surface area contributed by atoms with Crippen LogP contribution in [0.25, 0.3) is 55.1 Å². The minimum atomic E-state index is 0.520. The molecule has 6 aromatic rings. The van der Waals surface area contributed by atoms with E-state index in [0.29, 0.717) is 11.6 Å². The van der Waals surface area contributed by atoms with Crippen LogP contribution >= 0.6 is 0 Å². The number of aromatic nitrogens is 2. The number of nitrogens with zero attached hydrogens (tertiary/aromatic N) is 2. The van der Waals surface area contributed by atoms with Crippen molar-refractivity contribution in [3.05, 3.63) is 109 Å². The minimum Gasteiger partial charge on any atom is -0.383 e. The van der Waals surface area contributed by atoms with Gasteiger partial charge in [-0.2, -0.15) is 0 Å². The van der Waals surface area contributed by atoms with Crippen LogP contribution in [0.3, 0.4) is 0 Å². The number of hydrogen-bond donors (Lipinski definition) is 2. The molecule has 2 heterocycles. The number of rotatable bonds is 3. The highest BCUT2D eigenvalue weighted by Crippen LogP contribution is 2.41. The smallest absolute Gasteiger partial charge is 0.131 e. The normalized spacial score (nSPS) is 11.2. The molecular formula is C30H22N4. The van der Waals surface area contributed by atoms with Crippen LogP contribution in [0.4, 0.5) is 11.6 Å². The summed E-state index contributed by atoms with van der Waals surface area (Å²) in [6.07, 6.45) is 1.75. The van der Waals surface area contributed by atoms with Gasteiger partial charge in [-0.3, -0.25) is 0 Å². The number of nitrogens with two attached hydrogens (primary N) is 2. The first-order chi connectivity index (χ1) is 16.7. The topological polar surface area (TPSA) is 77.8 Å². The maximum atomic E-state index is 6.40. The van der Waals surface area contributed by atoms with Crippen LogP contribution in [-0.2, 0) is 0 Å². The molecule has 4 heteroatoms. The highest BCUT2D eigenvalue weighted by Gasteiger charge is 2.15. The van der Waals surface area contributed by atoms with Gasteiger partial charge >= 0.3 is 0 Å². The van der Waals surface area contributed by atoms with E-state index in [1.54, 1.807) is 6.20 Å². The van der Waals surface area contributed by atoms with E-state index in [-0.39, 0.29) is 0 Å². The maximum absolute atomic E-state index is 6.40. The molecule has 6 rings (SSSR count). The van der Waals surface area contributed by atoms with E-state index in [0.717, 1.165) is 55.1 Å². The molecule has 0 radical (unpaired) electrons. The van der Waals surface area contributed by atoms with Gasteiger partial charge in [-0.15, -0.1) is 0 Å². The monoisotopic (exact) mass is 438 g/mol. The molecule has 0 bridgehead atoms. The lowest BCUT2D eigenvalue weighted by atomic mass is 9.89. The Labute approximate surface area is 197 Å². The molecule has 0 aliphatic carbocycles. The Morgan fingerprint density at radius 1 is 0.529 bits per heavy atom. The van der Waals surface area contributed by atoms with Gasteiger partial charge < -0.3 is 11.5 Å². The van der Waals surface area contributed by atoms with Crippen molar-refractivity contribution in [1.29, 1.82) is 0 Å². The summed E-state index contributed by atoms with van der Waals surface area (Å²) in [6, 6.07) is 35.1. The van der Waals surface area contributed by atoms with Gasteiger partial charge in [0.25, 0.3) is 0 Å². The van der Waals surface area contributed by atoms with Gasteiger partial charge in [0.1, 0.15) is 11.6 Å². The molecule has 0 spiro atoms. The summed E-state index contributed by atoms with van der Waals surface area (Å²) in [4.78, 5) is 9.01. The molecule has 0 saturated heterocycles. The summed E-state index contributed by atoms with van der Waals surface area (Å²) in [5.41, 5.74) is 20.0. The Bertz CT molecular complexity index is 1670. The van der Waals surface area contributed by atoms with E-state index in [9.17, 15) is 0 Å². The fourth-order valence-corrected chi connectivity index (χ4v) is 4.66. The van der Waals surface area contributed by atoms with Gasteiger partial charge in [0.2, 0.25) is 0 Å². The van der Waals surface area contributed by atoms with Crippen LogP contribution in [-0.4, -0.2) is 9.97 Å². The molecule has 162 valence electrons. The Kier molecular flexibility index (Phi) is 4.70. The largest absolute Gasteiger partial charge is 0.383 e. The number of para-hydroxylation sites is 1. The third kappa shape index (κ3) is 3.33. The van der Waals surface area contributed by atoms with E-state index in [1.807, 2.05) is 42.5 Å². The van der Waals surface area contributed by atoms with Gasteiger partial charge in [0, 0.05) is 28.1 Å². The van der Waals surface area contributed by atoms with Gasteiger partial charge in [0.05, 0.1) is 5.52 Å². The molecule has 0 atom stereocenters. The Balaban J connectivity index is 1.59. The second-order valence-electron chi connectivity index (χ2n) is 8.34. The summed E-state index contributed by atoms with van der Waals surface area (Å²) in [5, 5.41) is 3.09. The van der Waals surface area contributed by atoms with Crippen molar-refractivity contribution >= 4 is 33.3 Å². The molecule has 34 heavy (non-hydrogen) atoms. The lowest BCUT2D eigenvalue weighted by Gasteiger charge is -2.16. The number of anilines is 2. The summed E-state index contributed by atoms with van der Waals surface area (Å²) >= 11 is 0. The molecule has 2 aromatic heterocycles. The standard InChI is InChI=1S/C30H22N4/c31-29-25(18-23-9-4-5-12-26(23)34-29)22-11-6-10-21(17-22)24-14-13-20-15-16-33-30(32)28(20)27(24)19-7-2-1-3-8-19/h1-18H,(H2,31,34)(H2,32,33). The average Bonchev–Trinajstić information content (AvgIpc) is 2.88. The van der Waals surface area contributed by atoms with Crippen LogP contribution in [0.1, 0.15) is 0 Å². The maximum Gasteiger partial charge on any atom is 0.131 e. The fraction of sp³-hybridized carbons (Fsp3) is 0. The van der Waals surface area contributed by atoms with Gasteiger partial charge in [-0.1, -0.05) is 78.9 Å². The van der Waals surface area contributed by atoms with Gasteiger partial charge in [-0.05, 0) is 51.9 Å². The molecule has 0 aliphatic heterocycles. The quantitative estimate of drug-likeness (QED) is 0.313. The van der Waals surface area contributed by atoms with Crippen molar-refractivity contribution in [3.63, 3.8) is 0 Å². The number of fused-ring (bicyclic) bond motifs is 2. The van der Waals surface area contributed by atoms with E-state index in [1.165, 1.54) is 0 Å². The lowest BCUT2D eigenvalue weighted by Crippen LogP contribution is -1.96. The predicted molar refractivity (Wildman–Crippen MR) is 142 cm³/mol. The predicted octanol–water partition coefficient (Wildman–Crippen LogP) is 6.95. The zero-order valence-corrected chi connectivity index (χ0v) is 18.4. The first kappa shape index (κ1) is 19.9. The summed E-state index contributed by atoms with van der Waals surface area (Å²) in [5.74, 6) is 1.04. The first-order valence-corrected chi connectivity index (χ1v) is 11.2. The molecule has 0 fully saturated rings. The van der Waals surface area contributed by atoms with Crippen molar-refractivity contribution in [2.24, 2.45) is 0 Å². The van der Waals surface area contributed by atoms with Crippen LogP contribution < -0.4 is 11.5 Å². The zero-order valence-electron chi connectivity index (χ0n) is 18.4. The van der Waals surface area contributed by atoms with Crippen LogP contribution in [0.5, 0.6) is 0 Å². The van der Waals surface area contributed by atoms with E-state index in [2.05, 4.69) is 70.6 Å². The van der Waals surface area contributed by atoms with Crippen molar-refractivity contribution < 1.29 is 0 Å². The summed E-state index contributed by atoms with van der Waals surface area (Å²) in [7, 11) is 0. The highest BCUT2D eigenvalue weighted by atomic mass is 14.8. The average molecular weight is 439 g/mol. The second kappa shape index (κ2) is 8.01. The van der Waals surface area contributed by atoms with Gasteiger partial charge in [-0.25, -0.2) is 9.97 Å². The summed E-state index contributed by atoms with van der Waals surface area (Å²) in [6.45, 7) is 0. The van der Waals surface area contributed by atoms with Crippen molar-refractivity contribution in [2.75, 3.05) is 11.5 Å². The molecule has 4 N–H and O–H groups in total. The Morgan fingerprint density at radius 2 is 1.26 bits per heavy atom. The molecule has 0 unspecified atom stereocenters. The second-order valence-corrected chi connectivity index (χ2v) is 8.34. The number of pyridine rings is 2. The summed E-state index contributed by atoms with van der Waals surface area (Å²) < 4.78 is 0. The molecule has 4 nitrogen and oxygen atoms in total.